The number of allylic oxidation sites excluding steroid dienone is 2. The third kappa shape index (κ3) is 3.39. The average Bonchev–Trinajstić information content (AvgIpc) is 2.10. The molecule has 1 amide bonds. The molecule has 0 aromatic heterocycles. The Kier molecular flexibility index (Phi) is 4.80. The molecule has 0 unspecified atom stereocenters. The van der Waals surface area contributed by atoms with E-state index in [2.05, 4.69) is 11.7 Å². The molecule has 0 spiro atoms. The Morgan fingerprint density at radius 1 is 1.45 bits per heavy atom. The predicted molar refractivity (Wildman–Crippen MR) is 41.4 cm³/mol. The lowest BCUT2D eigenvalue weighted by Crippen LogP contribution is -2.24. The number of rotatable bonds is 0. The molecule has 5 heteroatoms. The molecular formula is C6H11N3O2. The first kappa shape index (κ1) is 9.67. The van der Waals surface area contributed by atoms with E-state index in [0.717, 1.165) is 0 Å². The van der Waals surface area contributed by atoms with Gasteiger partial charge < -0.3 is 5.11 Å². The zero-order valence-electron chi connectivity index (χ0n) is 5.97. The van der Waals surface area contributed by atoms with Gasteiger partial charge in [0.1, 0.15) is 0 Å². The molecule has 5 N–H and O–H groups in total. The van der Waals surface area contributed by atoms with Gasteiger partial charge in [0, 0.05) is 12.7 Å². The van der Waals surface area contributed by atoms with Crippen molar-refractivity contribution in [1.82, 2.24) is 4.90 Å². The first-order valence-electron chi connectivity index (χ1n) is 2.97. The third-order valence-corrected chi connectivity index (χ3v) is 1.06. The smallest absolute Gasteiger partial charge is 0.411 e. The summed E-state index contributed by atoms with van der Waals surface area (Å²) < 4.78 is 0. The molecule has 0 radical (unpaired) electrons. The summed E-state index contributed by atoms with van der Waals surface area (Å²) >= 11 is 0. The van der Waals surface area contributed by atoms with Gasteiger partial charge in [-0.2, -0.15) is 0 Å². The average molecular weight is 157 g/mol. The van der Waals surface area contributed by atoms with Gasteiger partial charge in [-0.3, -0.25) is 16.6 Å². The summed E-state index contributed by atoms with van der Waals surface area (Å²) in [5, 5.41) is 8.38. The van der Waals surface area contributed by atoms with Crippen molar-refractivity contribution in [2.45, 2.75) is 0 Å². The number of carboxylic acid groups (broad SMARTS) is 1. The van der Waals surface area contributed by atoms with Crippen LogP contribution in [0.5, 0.6) is 0 Å². The Morgan fingerprint density at radius 3 is 2.36 bits per heavy atom. The van der Waals surface area contributed by atoms with Crippen LogP contribution < -0.4 is 11.7 Å². The minimum absolute atomic E-state index is 0.464. The van der Waals surface area contributed by atoms with Gasteiger partial charge in [0.05, 0.1) is 0 Å². The van der Waals surface area contributed by atoms with Crippen LogP contribution in [0.2, 0.25) is 0 Å². The molecule has 1 rings (SSSR count). The van der Waals surface area contributed by atoms with Crippen LogP contribution in [0.1, 0.15) is 0 Å². The first-order chi connectivity index (χ1) is 5.30. The maximum atomic E-state index is 10.2. The molecule has 0 atom stereocenters. The van der Waals surface area contributed by atoms with Crippen LogP contribution in [0.4, 0.5) is 4.79 Å². The van der Waals surface area contributed by atoms with Gasteiger partial charge in [0.25, 0.3) is 0 Å². The number of hydrogen-bond donors (Lipinski definition) is 3. The summed E-state index contributed by atoms with van der Waals surface area (Å²) in [6.07, 6.45) is 5.92. The highest BCUT2D eigenvalue weighted by atomic mass is 16.4. The SMILES string of the molecule is NN.O=C(O)N1C=CC=CC1. The fraction of sp³-hybridized carbons (Fsp3) is 0.167. The summed E-state index contributed by atoms with van der Waals surface area (Å²) in [4.78, 5) is 11.4. The lowest BCUT2D eigenvalue weighted by atomic mass is 10.4. The van der Waals surface area contributed by atoms with Crippen molar-refractivity contribution in [2.75, 3.05) is 6.54 Å². The highest BCUT2D eigenvalue weighted by molar-refractivity contribution is 5.66. The van der Waals surface area contributed by atoms with E-state index in [1.165, 1.54) is 11.1 Å². The van der Waals surface area contributed by atoms with Crippen LogP contribution >= 0.6 is 0 Å². The highest BCUT2D eigenvalue weighted by Gasteiger charge is 2.05. The van der Waals surface area contributed by atoms with E-state index in [9.17, 15) is 4.79 Å². The molecule has 1 aliphatic rings. The molecule has 0 aromatic carbocycles. The van der Waals surface area contributed by atoms with Gasteiger partial charge in [-0.05, 0) is 6.08 Å². The second-order valence-electron chi connectivity index (χ2n) is 1.70. The minimum atomic E-state index is -0.907. The van der Waals surface area contributed by atoms with Gasteiger partial charge in [-0.1, -0.05) is 12.2 Å². The molecule has 0 saturated heterocycles. The molecule has 11 heavy (non-hydrogen) atoms. The maximum absolute atomic E-state index is 10.2. The van der Waals surface area contributed by atoms with Crippen molar-refractivity contribution in [3.63, 3.8) is 0 Å². The van der Waals surface area contributed by atoms with E-state index in [1.54, 1.807) is 12.2 Å². The molecule has 5 nitrogen and oxygen atoms in total. The van der Waals surface area contributed by atoms with E-state index >= 15 is 0 Å². The standard InChI is InChI=1S/C6H7NO2.H4N2/c8-6(9)7-4-2-1-3-5-7;1-2/h1-4H,5H2,(H,8,9);1-2H2. The van der Waals surface area contributed by atoms with Crippen LogP contribution in [-0.4, -0.2) is 22.6 Å². The van der Waals surface area contributed by atoms with Gasteiger partial charge in [0.2, 0.25) is 0 Å². The molecule has 0 bridgehead atoms. The number of nitrogens with zero attached hydrogens (tertiary/aromatic N) is 1. The third-order valence-electron chi connectivity index (χ3n) is 1.06. The lowest BCUT2D eigenvalue weighted by Gasteiger charge is -2.12. The summed E-state index contributed by atoms with van der Waals surface area (Å²) in [6.45, 7) is 0.464. The number of hydrazine groups is 1. The molecule has 0 aliphatic carbocycles. The lowest BCUT2D eigenvalue weighted by molar-refractivity contribution is 0.166. The normalized spacial score (nSPS) is 13.8. The summed E-state index contributed by atoms with van der Waals surface area (Å²) in [6, 6.07) is 0. The van der Waals surface area contributed by atoms with E-state index in [1.807, 2.05) is 6.08 Å². The van der Waals surface area contributed by atoms with Crippen LogP contribution in [0.3, 0.4) is 0 Å². The van der Waals surface area contributed by atoms with Crippen molar-refractivity contribution in [1.29, 1.82) is 0 Å². The summed E-state index contributed by atoms with van der Waals surface area (Å²) in [5.74, 6) is 8.00. The summed E-state index contributed by atoms with van der Waals surface area (Å²) in [7, 11) is 0. The fourth-order valence-electron chi connectivity index (χ4n) is 0.609. The van der Waals surface area contributed by atoms with Crippen LogP contribution in [-0.2, 0) is 0 Å². The molecule has 62 valence electrons. The Bertz CT molecular complexity index is 177. The number of amides is 1. The van der Waals surface area contributed by atoms with Crippen LogP contribution in [0.15, 0.2) is 24.4 Å². The van der Waals surface area contributed by atoms with Crippen molar-refractivity contribution in [2.24, 2.45) is 11.7 Å². The van der Waals surface area contributed by atoms with Crippen LogP contribution in [0.25, 0.3) is 0 Å². The van der Waals surface area contributed by atoms with Crippen molar-refractivity contribution < 1.29 is 9.90 Å². The second-order valence-corrected chi connectivity index (χ2v) is 1.70. The van der Waals surface area contributed by atoms with E-state index in [0.29, 0.717) is 6.54 Å². The fourth-order valence-corrected chi connectivity index (χ4v) is 0.609. The summed E-state index contributed by atoms with van der Waals surface area (Å²) in [5.41, 5.74) is 0. The predicted octanol–water partition coefficient (Wildman–Crippen LogP) is -0.131. The van der Waals surface area contributed by atoms with Gasteiger partial charge >= 0.3 is 6.09 Å². The van der Waals surface area contributed by atoms with E-state index in [-0.39, 0.29) is 0 Å². The van der Waals surface area contributed by atoms with Gasteiger partial charge in [0.15, 0.2) is 0 Å². The second kappa shape index (κ2) is 5.45. The maximum Gasteiger partial charge on any atom is 0.411 e. The number of nitrogens with two attached hydrogens (primary N) is 2. The molecule has 0 fully saturated rings. The first-order valence-corrected chi connectivity index (χ1v) is 2.97. The zero-order chi connectivity index (χ0) is 8.69. The number of carbonyl (C=O) groups is 1. The quantitative estimate of drug-likeness (QED) is 0.337. The Labute approximate surface area is 64.6 Å². The van der Waals surface area contributed by atoms with Gasteiger partial charge in [-0.25, -0.2) is 4.79 Å². The molecule has 0 aromatic rings. The van der Waals surface area contributed by atoms with Crippen molar-refractivity contribution >= 4 is 6.09 Å². The zero-order valence-corrected chi connectivity index (χ0v) is 5.97. The minimum Gasteiger partial charge on any atom is -0.465 e. The van der Waals surface area contributed by atoms with Crippen molar-refractivity contribution in [3.8, 4) is 0 Å². The largest absolute Gasteiger partial charge is 0.465 e. The Hall–Kier alpha value is -1.33. The monoisotopic (exact) mass is 157 g/mol. The van der Waals surface area contributed by atoms with Crippen molar-refractivity contribution in [3.05, 3.63) is 24.4 Å². The Balaban J connectivity index is 0.000000461. The van der Waals surface area contributed by atoms with Gasteiger partial charge in [-0.15, -0.1) is 0 Å². The Morgan fingerprint density at radius 2 is 2.09 bits per heavy atom. The molecule has 1 heterocycles. The molecule has 0 saturated carbocycles. The van der Waals surface area contributed by atoms with E-state index in [4.69, 9.17) is 5.11 Å². The molecule has 1 aliphatic heterocycles. The van der Waals surface area contributed by atoms with E-state index < -0.39 is 6.09 Å². The van der Waals surface area contributed by atoms with Crippen LogP contribution in [0, 0.1) is 0 Å². The number of hydrogen-bond acceptors (Lipinski definition) is 3. The molecular weight excluding hydrogens is 146 g/mol. The topological polar surface area (TPSA) is 92.6 Å². The highest BCUT2D eigenvalue weighted by Crippen LogP contribution is 1.97.